The highest BCUT2D eigenvalue weighted by atomic mass is 35.5. The monoisotopic (exact) mass is 496 g/mol. The van der Waals surface area contributed by atoms with Gasteiger partial charge in [-0.3, -0.25) is 9.59 Å². The van der Waals surface area contributed by atoms with E-state index in [0.717, 1.165) is 45.9 Å². The van der Waals surface area contributed by atoms with Gasteiger partial charge in [-0.05, 0) is 43.0 Å². The van der Waals surface area contributed by atoms with E-state index in [1.54, 1.807) is 23.5 Å². The third kappa shape index (κ3) is 5.39. The molecule has 0 bridgehead atoms. The van der Waals surface area contributed by atoms with E-state index in [4.69, 9.17) is 17.3 Å². The van der Waals surface area contributed by atoms with E-state index in [2.05, 4.69) is 14.0 Å². The molecule has 1 aliphatic heterocycles. The number of nitrogens with two attached hydrogens (primary N) is 1. The summed E-state index contributed by atoms with van der Waals surface area (Å²) < 4.78 is 1.02. The van der Waals surface area contributed by atoms with Gasteiger partial charge in [0.25, 0.3) is 0 Å². The van der Waals surface area contributed by atoms with Crippen molar-refractivity contribution in [1.29, 1.82) is 0 Å². The zero-order chi connectivity index (χ0) is 21.5. The molecule has 2 N–H and O–H groups in total. The number of nitrogens with zero attached hydrogens (tertiary/aromatic N) is 1. The second-order valence-electron chi connectivity index (χ2n) is 9.23. The summed E-state index contributed by atoms with van der Waals surface area (Å²) in [6.45, 7) is 4.34. The van der Waals surface area contributed by atoms with E-state index in [0.29, 0.717) is 23.0 Å². The first-order valence-corrected chi connectivity index (χ1v) is 12.0. The minimum absolute atomic E-state index is 0. The van der Waals surface area contributed by atoms with Crippen LogP contribution in [0.1, 0.15) is 64.9 Å². The van der Waals surface area contributed by atoms with E-state index < -0.39 is 5.91 Å². The van der Waals surface area contributed by atoms with Crippen LogP contribution in [0.2, 0.25) is 5.02 Å². The van der Waals surface area contributed by atoms with Crippen molar-refractivity contribution >= 4 is 34.6 Å². The van der Waals surface area contributed by atoms with E-state index in [-0.39, 0.29) is 32.0 Å². The Bertz CT molecular complexity index is 969. The molecule has 1 aromatic carbocycles. The lowest BCUT2D eigenvalue weighted by molar-refractivity contribution is -0.950. The molecule has 4 rings (SSSR count). The quantitative estimate of drug-likeness (QED) is 0.597. The summed E-state index contributed by atoms with van der Waals surface area (Å²) >= 11 is 7.56. The van der Waals surface area contributed by atoms with Crippen molar-refractivity contribution in [3.8, 4) is 0 Å². The molecular weight excluding hydrogens is 463 g/mol. The number of quaternary nitrogens is 1. The number of halogens is 2. The predicted molar refractivity (Wildman–Crippen MR) is 129 cm³/mol. The third-order valence-corrected chi connectivity index (χ3v) is 8.74. The van der Waals surface area contributed by atoms with Gasteiger partial charge in [0.15, 0.2) is 0 Å². The second-order valence-corrected chi connectivity index (χ2v) is 10.9. The SMILES string of the molecule is C.CC(C1CCC1)[N+]1(C)CCc2c(sc(CC(=O)Cc3ccc(Cl)cc3)c2C(N)=O)C1.[Cl-]. The molecular formula is C25H34Cl2N2O2S. The Balaban J connectivity index is 0.00000181. The summed E-state index contributed by atoms with van der Waals surface area (Å²) in [6, 6.07) is 7.97. The van der Waals surface area contributed by atoms with Crippen LogP contribution in [0.25, 0.3) is 0 Å². The molecule has 0 saturated heterocycles. The van der Waals surface area contributed by atoms with Gasteiger partial charge in [0.2, 0.25) is 5.91 Å². The van der Waals surface area contributed by atoms with E-state index >= 15 is 0 Å². The molecule has 4 nitrogen and oxygen atoms in total. The predicted octanol–water partition coefficient (Wildman–Crippen LogP) is 2.19. The van der Waals surface area contributed by atoms with Gasteiger partial charge in [0, 0.05) is 35.1 Å². The van der Waals surface area contributed by atoms with Crippen molar-refractivity contribution in [1.82, 2.24) is 0 Å². The van der Waals surface area contributed by atoms with Crippen molar-refractivity contribution in [3.63, 3.8) is 0 Å². The largest absolute Gasteiger partial charge is 1.00 e. The number of hydrogen-bond acceptors (Lipinski definition) is 3. The second kappa shape index (κ2) is 10.7. The van der Waals surface area contributed by atoms with E-state index in [1.165, 1.54) is 24.1 Å². The summed E-state index contributed by atoms with van der Waals surface area (Å²) in [5.74, 6) is 0.510. The Morgan fingerprint density at radius 3 is 2.44 bits per heavy atom. The van der Waals surface area contributed by atoms with Crippen molar-refractivity contribution in [2.45, 2.75) is 65.5 Å². The molecule has 32 heavy (non-hydrogen) atoms. The van der Waals surface area contributed by atoms with Crippen molar-refractivity contribution in [3.05, 3.63) is 55.7 Å². The first kappa shape index (κ1) is 26.8. The first-order valence-electron chi connectivity index (χ1n) is 10.8. The number of rotatable bonds is 7. The summed E-state index contributed by atoms with van der Waals surface area (Å²) in [7, 11) is 2.35. The average Bonchev–Trinajstić information content (AvgIpc) is 2.98. The van der Waals surface area contributed by atoms with Gasteiger partial charge in [-0.1, -0.05) is 37.6 Å². The maximum Gasteiger partial charge on any atom is 0.250 e. The van der Waals surface area contributed by atoms with Crippen molar-refractivity contribution in [2.75, 3.05) is 13.6 Å². The van der Waals surface area contributed by atoms with Gasteiger partial charge in [-0.15, -0.1) is 11.3 Å². The molecule has 7 heteroatoms. The maximum atomic E-state index is 12.7. The lowest BCUT2D eigenvalue weighted by atomic mass is 9.78. The van der Waals surface area contributed by atoms with Crippen molar-refractivity contribution < 1.29 is 26.5 Å². The minimum Gasteiger partial charge on any atom is -1.00 e. The molecule has 0 spiro atoms. The number of hydrogen-bond donors (Lipinski definition) is 1. The standard InChI is InChI=1S/C24H29ClN2O2S.CH4.ClH/c1-15(17-4-3-5-17)27(2)11-10-20-22(14-27)30-21(23(20)24(26)29)13-19(28)12-16-6-8-18(25)9-7-16;;/h6-9,15,17H,3-5,10-14H2,1-2H3,(H-,26,29);1H4;1H. The van der Waals surface area contributed by atoms with E-state index in [9.17, 15) is 9.59 Å². The van der Waals surface area contributed by atoms with Crippen molar-refractivity contribution in [2.24, 2.45) is 11.7 Å². The normalized spacial score (nSPS) is 20.8. The number of Topliss-reactive ketones (excluding diaryl/α,β-unsaturated/α-hetero) is 1. The Hall–Kier alpha value is -1.40. The average molecular weight is 498 g/mol. The minimum atomic E-state index is -0.398. The molecule has 2 heterocycles. The Morgan fingerprint density at radius 1 is 1.22 bits per heavy atom. The Morgan fingerprint density at radius 2 is 1.88 bits per heavy atom. The molecule has 2 aromatic rings. The van der Waals surface area contributed by atoms with Crippen LogP contribution in [0.15, 0.2) is 24.3 Å². The number of primary amides is 1. The number of ketones is 1. The summed E-state index contributed by atoms with van der Waals surface area (Å²) in [5.41, 5.74) is 8.41. The Labute approximate surface area is 207 Å². The fourth-order valence-electron chi connectivity index (χ4n) is 5.00. The molecule has 2 aliphatic rings. The summed E-state index contributed by atoms with van der Waals surface area (Å²) in [4.78, 5) is 27.1. The number of amides is 1. The van der Waals surface area contributed by atoms with Crippen LogP contribution in [0.4, 0.5) is 0 Å². The third-order valence-electron chi connectivity index (χ3n) is 7.28. The lowest BCUT2D eigenvalue weighted by Crippen LogP contribution is -3.00. The molecule has 1 amide bonds. The molecule has 2 unspecified atom stereocenters. The number of benzene rings is 1. The van der Waals surface area contributed by atoms with Gasteiger partial charge >= 0.3 is 0 Å². The van der Waals surface area contributed by atoms with Gasteiger partial charge < -0.3 is 22.6 Å². The lowest BCUT2D eigenvalue weighted by Gasteiger charge is -2.47. The van der Waals surface area contributed by atoms with Crippen LogP contribution in [-0.4, -0.2) is 35.8 Å². The van der Waals surface area contributed by atoms with Gasteiger partial charge in [0.1, 0.15) is 12.3 Å². The Kier molecular flexibility index (Phi) is 8.97. The van der Waals surface area contributed by atoms with Gasteiger partial charge in [-0.25, -0.2) is 0 Å². The van der Waals surface area contributed by atoms with Crippen LogP contribution in [0.5, 0.6) is 0 Å². The summed E-state index contributed by atoms with van der Waals surface area (Å²) in [6.07, 6.45) is 5.49. The smallest absolute Gasteiger partial charge is 0.250 e. The molecule has 1 saturated carbocycles. The zero-order valence-electron chi connectivity index (χ0n) is 18.1. The fourth-order valence-corrected chi connectivity index (χ4v) is 6.67. The molecule has 1 aromatic heterocycles. The number of carbonyl (C=O) groups is 2. The van der Waals surface area contributed by atoms with Crippen LogP contribution >= 0.6 is 22.9 Å². The number of carbonyl (C=O) groups excluding carboxylic acids is 2. The van der Waals surface area contributed by atoms with Crippen LogP contribution in [0, 0.1) is 5.92 Å². The molecule has 1 aliphatic carbocycles. The first-order chi connectivity index (χ1) is 14.3. The van der Waals surface area contributed by atoms with E-state index in [1.807, 2.05) is 12.1 Å². The molecule has 0 radical (unpaired) electrons. The molecule has 2 atom stereocenters. The van der Waals surface area contributed by atoms with Gasteiger partial charge in [-0.2, -0.15) is 0 Å². The van der Waals surface area contributed by atoms with Crippen LogP contribution in [0.3, 0.4) is 0 Å². The highest BCUT2D eigenvalue weighted by molar-refractivity contribution is 7.12. The number of thiophene rings is 1. The number of likely N-dealkylation sites (N-methyl/N-ethyl adjacent to an activating group) is 1. The number of fused-ring (bicyclic) bond motifs is 1. The highest BCUT2D eigenvalue weighted by Gasteiger charge is 2.42. The summed E-state index contributed by atoms with van der Waals surface area (Å²) in [5, 5.41) is 0.658. The van der Waals surface area contributed by atoms with Gasteiger partial charge in [0.05, 0.1) is 30.1 Å². The van der Waals surface area contributed by atoms with Crippen LogP contribution < -0.4 is 18.1 Å². The highest BCUT2D eigenvalue weighted by Crippen LogP contribution is 2.41. The maximum absolute atomic E-state index is 12.7. The molecule has 176 valence electrons. The topological polar surface area (TPSA) is 60.2 Å². The van der Waals surface area contributed by atoms with Crippen LogP contribution in [-0.2, 0) is 30.6 Å². The zero-order valence-corrected chi connectivity index (χ0v) is 20.5. The fraction of sp³-hybridized carbons (Fsp3) is 0.520. The molecule has 1 fully saturated rings.